The normalized spacial score (nSPS) is 21.0. The lowest BCUT2D eigenvalue weighted by molar-refractivity contribution is 0.129. The summed E-state index contributed by atoms with van der Waals surface area (Å²) in [7, 11) is 4.05. The Morgan fingerprint density at radius 1 is 1.37 bits per heavy atom. The molecule has 0 radical (unpaired) electrons. The second kappa shape index (κ2) is 5.84. The highest BCUT2D eigenvalue weighted by Crippen LogP contribution is 2.23. The van der Waals surface area contributed by atoms with Crippen molar-refractivity contribution in [1.29, 1.82) is 0 Å². The fourth-order valence-electron chi connectivity index (χ4n) is 2.63. The second-order valence-electron chi connectivity index (χ2n) is 5.38. The van der Waals surface area contributed by atoms with Gasteiger partial charge in [-0.3, -0.25) is 4.90 Å². The first-order valence-corrected chi connectivity index (χ1v) is 6.53. The lowest BCUT2D eigenvalue weighted by Crippen LogP contribution is -2.44. The summed E-state index contributed by atoms with van der Waals surface area (Å²) < 4.78 is 26.6. The molecule has 1 aromatic rings. The standard InChI is InChI=1S/C14H20F2N2O/c1-17-5-3-4-11(9-17)18(2)8-10-6-12(15)14(19)13(16)7-10/h6-7,11,19H,3-5,8-9H2,1-2H3. The van der Waals surface area contributed by atoms with Crippen LogP contribution in [-0.4, -0.2) is 48.1 Å². The van der Waals surface area contributed by atoms with Crippen molar-refractivity contribution < 1.29 is 13.9 Å². The third kappa shape index (κ3) is 3.42. The van der Waals surface area contributed by atoms with Gasteiger partial charge in [0.15, 0.2) is 17.4 Å². The van der Waals surface area contributed by atoms with Crippen LogP contribution in [0.15, 0.2) is 12.1 Å². The molecule has 0 saturated carbocycles. The van der Waals surface area contributed by atoms with Gasteiger partial charge in [0.1, 0.15) is 0 Å². The number of halogens is 2. The van der Waals surface area contributed by atoms with Gasteiger partial charge in [0.25, 0.3) is 0 Å². The van der Waals surface area contributed by atoms with E-state index in [1.54, 1.807) is 0 Å². The molecular weight excluding hydrogens is 250 g/mol. The second-order valence-corrected chi connectivity index (χ2v) is 5.38. The summed E-state index contributed by atoms with van der Waals surface area (Å²) in [6, 6.07) is 2.79. The van der Waals surface area contributed by atoms with E-state index < -0.39 is 17.4 Å². The van der Waals surface area contributed by atoms with E-state index >= 15 is 0 Å². The van der Waals surface area contributed by atoms with Gasteiger partial charge in [-0.15, -0.1) is 0 Å². The first-order chi connectivity index (χ1) is 8.97. The van der Waals surface area contributed by atoms with Gasteiger partial charge < -0.3 is 10.0 Å². The van der Waals surface area contributed by atoms with Crippen LogP contribution >= 0.6 is 0 Å². The molecule has 3 nitrogen and oxygen atoms in total. The van der Waals surface area contributed by atoms with E-state index in [0.717, 1.165) is 25.9 Å². The molecule has 1 N–H and O–H groups in total. The summed E-state index contributed by atoms with van der Waals surface area (Å²) in [5.41, 5.74) is 0.545. The number of piperidine rings is 1. The average molecular weight is 270 g/mol. The molecule has 0 aromatic heterocycles. The number of hydrogen-bond donors (Lipinski definition) is 1. The minimum Gasteiger partial charge on any atom is -0.503 e. The van der Waals surface area contributed by atoms with Crippen molar-refractivity contribution in [1.82, 2.24) is 9.80 Å². The lowest BCUT2D eigenvalue weighted by Gasteiger charge is -2.35. The third-order valence-corrected chi connectivity index (χ3v) is 3.73. The summed E-state index contributed by atoms with van der Waals surface area (Å²) in [6.45, 7) is 2.55. The molecule has 1 fully saturated rings. The van der Waals surface area contributed by atoms with Crippen molar-refractivity contribution in [2.45, 2.75) is 25.4 Å². The average Bonchev–Trinajstić information content (AvgIpc) is 2.36. The van der Waals surface area contributed by atoms with Gasteiger partial charge in [-0.1, -0.05) is 0 Å². The van der Waals surface area contributed by atoms with Crippen molar-refractivity contribution in [3.05, 3.63) is 29.3 Å². The van der Waals surface area contributed by atoms with Crippen molar-refractivity contribution in [3.63, 3.8) is 0 Å². The van der Waals surface area contributed by atoms with Crippen molar-refractivity contribution in [3.8, 4) is 5.75 Å². The van der Waals surface area contributed by atoms with Gasteiger partial charge in [0.2, 0.25) is 0 Å². The molecule has 1 aliphatic heterocycles. The van der Waals surface area contributed by atoms with Crippen LogP contribution in [0.25, 0.3) is 0 Å². The van der Waals surface area contributed by atoms with E-state index in [1.165, 1.54) is 12.1 Å². The molecule has 1 aliphatic rings. The predicted molar refractivity (Wildman–Crippen MR) is 70.0 cm³/mol. The zero-order valence-electron chi connectivity index (χ0n) is 11.4. The van der Waals surface area contributed by atoms with E-state index in [9.17, 15) is 8.78 Å². The van der Waals surface area contributed by atoms with Gasteiger partial charge in [0.05, 0.1) is 0 Å². The van der Waals surface area contributed by atoms with Crippen LogP contribution in [0.1, 0.15) is 18.4 Å². The lowest BCUT2D eigenvalue weighted by atomic mass is 10.0. The highest BCUT2D eigenvalue weighted by atomic mass is 19.1. The summed E-state index contributed by atoms with van der Waals surface area (Å²) >= 11 is 0. The fourth-order valence-corrected chi connectivity index (χ4v) is 2.63. The number of aromatic hydroxyl groups is 1. The highest BCUT2D eigenvalue weighted by Gasteiger charge is 2.21. The molecule has 106 valence electrons. The summed E-state index contributed by atoms with van der Waals surface area (Å²) in [5.74, 6) is -2.70. The van der Waals surface area contributed by atoms with Crippen molar-refractivity contribution >= 4 is 0 Å². The Morgan fingerprint density at radius 3 is 2.58 bits per heavy atom. The van der Waals surface area contributed by atoms with Crippen molar-refractivity contribution in [2.24, 2.45) is 0 Å². The predicted octanol–water partition coefficient (Wildman–Crippen LogP) is 2.20. The monoisotopic (exact) mass is 270 g/mol. The Labute approximate surface area is 112 Å². The molecule has 1 unspecified atom stereocenters. The molecule has 1 saturated heterocycles. The number of likely N-dealkylation sites (tertiary alicyclic amines) is 1. The van der Waals surface area contributed by atoms with Gasteiger partial charge in [-0.05, 0) is 51.2 Å². The maximum atomic E-state index is 13.3. The van der Waals surface area contributed by atoms with Crippen LogP contribution in [0.5, 0.6) is 5.75 Å². The molecule has 0 spiro atoms. The maximum Gasteiger partial charge on any atom is 0.187 e. The topological polar surface area (TPSA) is 26.7 Å². The molecule has 0 bridgehead atoms. The number of phenols is 1. The molecule has 1 atom stereocenters. The van der Waals surface area contributed by atoms with E-state index in [1.807, 2.05) is 7.05 Å². The van der Waals surface area contributed by atoms with Crippen LogP contribution in [0.3, 0.4) is 0 Å². The van der Waals surface area contributed by atoms with E-state index in [0.29, 0.717) is 18.2 Å². The Bertz CT molecular complexity index is 430. The van der Waals surface area contributed by atoms with Crippen molar-refractivity contribution in [2.75, 3.05) is 27.2 Å². The molecule has 1 aromatic carbocycles. The summed E-state index contributed by atoms with van der Waals surface area (Å²) in [5, 5.41) is 9.08. The fraction of sp³-hybridized carbons (Fsp3) is 0.571. The molecule has 0 aliphatic carbocycles. The van der Waals surface area contributed by atoms with Crippen LogP contribution in [0.2, 0.25) is 0 Å². The van der Waals surface area contributed by atoms with Crippen LogP contribution in [0, 0.1) is 11.6 Å². The third-order valence-electron chi connectivity index (χ3n) is 3.73. The number of hydrogen-bond acceptors (Lipinski definition) is 3. The maximum absolute atomic E-state index is 13.3. The first kappa shape index (κ1) is 14.2. The number of rotatable bonds is 3. The minimum absolute atomic E-state index is 0.402. The molecule has 19 heavy (non-hydrogen) atoms. The zero-order valence-corrected chi connectivity index (χ0v) is 11.4. The zero-order chi connectivity index (χ0) is 14.0. The Kier molecular flexibility index (Phi) is 4.37. The smallest absolute Gasteiger partial charge is 0.187 e. The Balaban J connectivity index is 2.04. The van der Waals surface area contributed by atoms with Gasteiger partial charge >= 0.3 is 0 Å². The van der Waals surface area contributed by atoms with Crippen LogP contribution in [0.4, 0.5) is 8.78 Å². The molecule has 1 heterocycles. The number of phenolic OH excluding ortho intramolecular Hbond substituents is 1. The molecular formula is C14H20F2N2O. The van der Waals surface area contributed by atoms with Gasteiger partial charge in [-0.2, -0.15) is 0 Å². The molecule has 0 amide bonds. The molecule has 2 rings (SSSR count). The number of benzene rings is 1. The van der Waals surface area contributed by atoms with E-state index in [2.05, 4.69) is 16.8 Å². The van der Waals surface area contributed by atoms with Crippen LogP contribution < -0.4 is 0 Å². The van der Waals surface area contributed by atoms with Gasteiger partial charge in [-0.25, -0.2) is 8.78 Å². The largest absolute Gasteiger partial charge is 0.503 e. The van der Waals surface area contributed by atoms with Gasteiger partial charge in [0, 0.05) is 19.1 Å². The minimum atomic E-state index is -0.899. The Morgan fingerprint density at radius 2 is 2.00 bits per heavy atom. The quantitative estimate of drug-likeness (QED) is 0.912. The summed E-state index contributed by atoms with van der Waals surface area (Å²) in [6.07, 6.45) is 2.24. The van der Waals surface area contributed by atoms with E-state index in [-0.39, 0.29) is 0 Å². The first-order valence-electron chi connectivity index (χ1n) is 6.53. The molecule has 5 heteroatoms. The van der Waals surface area contributed by atoms with E-state index in [4.69, 9.17) is 5.11 Å². The summed E-state index contributed by atoms with van der Waals surface area (Å²) in [4.78, 5) is 4.38. The Hall–Kier alpha value is -1.20. The number of nitrogens with zero attached hydrogens (tertiary/aromatic N) is 2. The SMILES string of the molecule is CN1CCCC(N(C)Cc2cc(F)c(O)c(F)c2)C1. The van der Waals surface area contributed by atoms with Crippen LogP contribution in [-0.2, 0) is 6.54 Å². The highest BCUT2D eigenvalue weighted by molar-refractivity contribution is 5.30. The number of likely N-dealkylation sites (N-methyl/N-ethyl adjacent to an activating group) is 2.